The van der Waals surface area contributed by atoms with Gasteiger partial charge in [-0.3, -0.25) is 24.0 Å². The Balaban J connectivity index is 2.07. The summed E-state index contributed by atoms with van der Waals surface area (Å²) in [5, 5.41) is 11.6. The quantitative estimate of drug-likeness (QED) is 0.227. The summed E-state index contributed by atoms with van der Waals surface area (Å²) < 4.78 is 22.2. The summed E-state index contributed by atoms with van der Waals surface area (Å²) in [4.78, 5) is 79.6. The van der Waals surface area contributed by atoms with Crippen molar-refractivity contribution in [2.24, 2.45) is 39.4 Å². The zero-order valence-corrected chi connectivity index (χ0v) is 25.1. The van der Waals surface area contributed by atoms with Crippen LogP contribution in [0.4, 0.5) is 0 Å². The highest BCUT2D eigenvalue weighted by Gasteiger charge is 2.80. The molecule has 1 heterocycles. The Morgan fingerprint density at radius 2 is 1.49 bits per heavy atom. The molecular formula is C30H40O11. The van der Waals surface area contributed by atoms with Gasteiger partial charge in [0.2, 0.25) is 0 Å². The highest BCUT2D eigenvalue weighted by Crippen LogP contribution is 2.73. The van der Waals surface area contributed by atoms with Gasteiger partial charge in [-0.25, -0.2) is 4.79 Å². The Morgan fingerprint density at radius 1 is 0.927 bits per heavy atom. The van der Waals surface area contributed by atoms with Crippen molar-refractivity contribution < 1.29 is 52.8 Å². The van der Waals surface area contributed by atoms with Gasteiger partial charge in [0.05, 0.1) is 24.5 Å². The number of aliphatic hydroxyl groups is 1. The van der Waals surface area contributed by atoms with E-state index in [2.05, 4.69) is 6.58 Å². The molecule has 0 bridgehead atoms. The van der Waals surface area contributed by atoms with Crippen LogP contribution >= 0.6 is 0 Å². The fourth-order valence-electron chi connectivity index (χ4n) is 9.12. The van der Waals surface area contributed by atoms with E-state index in [0.717, 1.165) is 7.11 Å². The van der Waals surface area contributed by atoms with Crippen LogP contribution in [-0.4, -0.2) is 71.6 Å². The van der Waals surface area contributed by atoms with E-state index in [4.69, 9.17) is 18.9 Å². The van der Waals surface area contributed by atoms with Gasteiger partial charge < -0.3 is 24.1 Å². The molecule has 1 aliphatic heterocycles. The number of ketones is 2. The van der Waals surface area contributed by atoms with Crippen LogP contribution in [0.1, 0.15) is 68.2 Å². The summed E-state index contributed by atoms with van der Waals surface area (Å²) in [6.45, 7) is 16.1. The number of hydrogen-bond acceptors (Lipinski definition) is 11. The van der Waals surface area contributed by atoms with Crippen LogP contribution in [0.25, 0.3) is 0 Å². The predicted molar refractivity (Wildman–Crippen MR) is 141 cm³/mol. The van der Waals surface area contributed by atoms with Gasteiger partial charge in [-0.1, -0.05) is 39.8 Å². The monoisotopic (exact) mass is 576 g/mol. The molecule has 11 heteroatoms. The Kier molecular flexibility index (Phi) is 6.93. The Morgan fingerprint density at radius 3 is 2.00 bits per heavy atom. The molecule has 226 valence electrons. The number of carbonyl (C=O) groups is 6. The number of esters is 4. The number of methoxy groups -OCH3 is 1. The van der Waals surface area contributed by atoms with Crippen molar-refractivity contribution in [1.82, 2.24) is 0 Å². The van der Waals surface area contributed by atoms with E-state index >= 15 is 0 Å². The van der Waals surface area contributed by atoms with E-state index < -0.39 is 93.0 Å². The molecule has 4 rings (SSSR count). The number of hydrogen-bond donors (Lipinski definition) is 1. The molecule has 4 fully saturated rings. The highest BCUT2D eigenvalue weighted by molar-refractivity contribution is 6.15. The van der Waals surface area contributed by atoms with Gasteiger partial charge in [0.15, 0.2) is 5.78 Å². The van der Waals surface area contributed by atoms with Crippen LogP contribution < -0.4 is 0 Å². The zero-order chi connectivity index (χ0) is 31.2. The van der Waals surface area contributed by atoms with Crippen LogP contribution in [0.15, 0.2) is 12.2 Å². The van der Waals surface area contributed by atoms with Crippen molar-refractivity contribution in [3.8, 4) is 0 Å². The third-order valence-corrected chi connectivity index (χ3v) is 11.0. The lowest BCUT2D eigenvalue weighted by atomic mass is 9.33. The molecule has 0 spiro atoms. The molecule has 0 aromatic rings. The van der Waals surface area contributed by atoms with Gasteiger partial charge in [-0.2, -0.15) is 0 Å². The highest BCUT2D eigenvalue weighted by atomic mass is 16.6. The second kappa shape index (κ2) is 9.21. The second-order valence-electron chi connectivity index (χ2n) is 13.4. The van der Waals surface area contributed by atoms with Gasteiger partial charge in [-0.05, 0) is 26.2 Å². The first-order valence-electron chi connectivity index (χ1n) is 13.8. The lowest BCUT2D eigenvalue weighted by molar-refractivity contribution is -0.295. The standard InChI is InChI=1S/C30H40O11/c1-13-11-16-28(7)18(34)12-17(33)26(4,5)20(28)19(39-14(2)31)22(40-15(3)32)29(16,8)21-23(35)41-30(9,25(37)38-10)24(36)27(13,21)6/h16,18-22,34H,1,11-12H2,2-10H3/t16-,18-,19+,20+,21-,22+,27+,28-,29+,30-/m1/s1. The van der Waals surface area contributed by atoms with Gasteiger partial charge in [0, 0.05) is 42.4 Å². The first-order chi connectivity index (χ1) is 18.7. The van der Waals surface area contributed by atoms with Crippen molar-refractivity contribution in [3.05, 3.63) is 12.2 Å². The largest absolute Gasteiger partial charge is 0.466 e. The Labute approximate surface area is 239 Å². The van der Waals surface area contributed by atoms with Crippen molar-refractivity contribution in [1.29, 1.82) is 0 Å². The second-order valence-corrected chi connectivity index (χ2v) is 13.4. The molecule has 0 radical (unpaired) electrons. The normalized spacial score (nSPS) is 44.9. The third-order valence-electron chi connectivity index (χ3n) is 11.0. The minimum absolute atomic E-state index is 0.0820. The van der Waals surface area contributed by atoms with Gasteiger partial charge in [0.1, 0.15) is 18.0 Å². The fourth-order valence-corrected chi connectivity index (χ4v) is 9.12. The smallest absolute Gasteiger partial charge is 0.358 e. The predicted octanol–water partition coefficient (Wildman–Crippen LogP) is 2.11. The molecule has 0 aromatic carbocycles. The Bertz CT molecular complexity index is 1270. The van der Waals surface area contributed by atoms with Crippen LogP contribution in [0.5, 0.6) is 0 Å². The number of rotatable bonds is 3. The maximum Gasteiger partial charge on any atom is 0.358 e. The van der Waals surface area contributed by atoms with E-state index in [1.807, 2.05) is 0 Å². The molecule has 0 aromatic heterocycles. The van der Waals surface area contributed by atoms with E-state index in [9.17, 15) is 33.9 Å². The summed E-state index contributed by atoms with van der Waals surface area (Å²) in [6, 6.07) is 0. The molecular weight excluding hydrogens is 536 g/mol. The molecule has 11 nitrogen and oxygen atoms in total. The van der Waals surface area contributed by atoms with Gasteiger partial charge in [0.25, 0.3) is 5.60 Å². The number of ether oxygens (including phenoxy) is 4. The first-order valence-corrected chi connectivity index (χ1v) is 13.8. The summed E-state index contributed by atoms with van der Waals surface area (Å²) in [6.07, 6.45) is -3.93. The molecule has 41 heavy (non-hydrogen) atoms. The van der Waals surface area contributed by atoms with Crippen LogP contribution in [0, 0.1) is 39.4 Å². The molecule has 1 N–H and O–H groups in total. The topological polar surface area (TPSA) is 160 Å². The zero-order valence-electron chi connectivity index (χ0n) is 25.1. The minimum atomic E-state index is -2.25. The molecule has 10 atom stereocenters. The number of Topliss-reactive ketones (excluding diaryl/α,β-unsaturated/α-hetero) is 2. The maximum absolute atomic E-state index is 14.2. The van der Waals surface area contributed by atoms with Gasteiger partial charge >= 0.3 is 23.9 Å². The number of aliphatic hydroxyl groups excluding tert-OH is 1. The summed E-state index contributed by atoms with van der Waals surface area (Å²) in [5.74, 6) is -7.34. The molecule has 1 saturated heterocycles. The summed E-state index contributed by atoms with van der Waals surface area (Å²) in [5.41, 5.74) is -7.42. The molecule has 0 unspecified atom stereocenters. The van der Waals surface area contributed by atoms with Crippen molar-refractivity contribution in [2.75, 3.05) is 7.11 Å². The van der Waals surface area contributed by atoms with Crippen LogP contribution in [-0.2, 0) is 47.7 Å². The van der Waals surface area contributed by atoms with E-state index in [1.54, 1.807) is 27.7 Å². The lowest BCUT2D eigenvalue weighted by Gasteiger charge is -2.71. The average Bonchev–Trinajstić information content (AvgIpc) is 2.84. The molecule has 3 aliphatic carbocycles. The van der Waals surface area contributed by atoms with Crippen molar-refractivity contribution in [3.63, 3.8) is 0 Å². The summed E-state index contributed by atoms with van der Waals surface area (Å²) in [7, 11) is 1.08. The fraction of sp³-hybridized carbons (Fsp3) is 0.733. The van der Waals surface area contributed by atoms with E-state index in [0.29, 0.717) is 5.57 Å². The minimum Gasteiger partial charge on any atom is -0.466 e. The molecule has 4 aliphatic rings. The van der Waals surface area contributed by atoms with Crippen LogP contribution in [0.3, 0.4) is 0 Å². The average molecular weight is 577 g/mol. The third kappa shape index (κ3) is 3.73. The van der Waals surface area contributed by atoms with E-state index in [-0.39, 0.29) is 18.6 Å². The van der Waals surface area contributed by atoms with E-state index in [1.165, 1.54) is 27.7 Å². The Hall–Kier alpha value is -3.08. The lowest BCUT2D eigenvalue weighted by Crippen LogP contribution is -2.79. The molecule has 0 amide bonds. The number of allylic oxidation sites excluding steroid dienone is 1. The van der Waals surface area contributed by atoms with Crippen LogP contribution in [0.2, 0.25) is 0 Å². The van der Waals surface area contributed by atoms with Crippen molar-refractivity contribution >= 4 is 35.4 Å². The number of cyclic esters (lactones) is 1. The number of fused-ring (bicyclic) bond motifs is 5. The van der Waals surface area contributed by atoms with Crippen molar-refractivity contribution in [2.45, 2.75) is 92.1 Å². The summed E-state index contributed by atoms with van der Waals surface area (Å²) >= 11 is 0. The van der Waals surface area contributed by atoms with Gasteiger partial charge in [-0.15, -0.1) is 0 Å². The maximum atomic E-state index is 14.2. The molecule has 3 saturated carbocycles. The first kappa shape index (κ1) is 30.9. The number of carbonyl (C=O) groups excluding carboxylic acids is 6. The SMILES string of the molecule is C=C1C[C@H]2[C@@](C)([C@@H]3C(=O)O[C@@](C)(C(=O)OC)C(=O)[C@@]13C)[C@@H](OC(C)=O)[C@@H](OC(C)=O)[C@H]1C(C)(C)C(=O)C[C@@H](O)[C@@]21C.